The highest BCUT2D eigenvalue weighted by Crippen LogP contribution is 2.21. The number of anilines is 1. The van der Waals surface area contributed by atoms with E-state index in [0.29, 0.717) is 10.7 Å². The third-order valence-corrected chi connectivity index (χ3v) is 4.81. The normalized spacial score (nSPS) is 11.2. The first-order valence-corrected chi connectivity index (χ1v) is 8.70. The minimum atomic E-state index is -3.69. The average molecular weight is 345 g/mol. The molecule has 0 fully saturated rings. The van der Waals surface area contributed by atoms with Crippen molar-refractivity contribution in [1.29, 1.82) is 0 Å². The van der Waals surface area contributed by atoms with E-state index in [1.807, 2.05) is 30.3 Å². The van der Waals surface area contributed by atoms with Crippen molar-refractivity contribution in [3.05, 3.63) is 77.9 Å². The van der Waals surface area contributed by atoms with Crippen LogP contribution in [0.3, 0.4) is 0 Å². The van der Waals surface area contributed by atoms with Gasteiger partial charge in [0.1, 0.15) is 0 Å². The van der Waals surface area contributed by atoms with E-state index in [2.05, 4.69) is 9.71 Å². The number of pyridine rings is 1. The Hall–Kier alpha value is -2.37. The molecule has 1 N–H and O–H groups in total. The van der Waals surface area contributed by atoms with Crippen LogP contribution in [0.5, 0.6) is 0 Å². The Labute approximate surface area is 139 Å². The molecule has 6 heteroatoms. The van der Waals surface area contributed by atoms with E-state index in [-0.39, 0.29) is 4.90 Å². The molecule has 0 amide bonds. The van der Waals surface area contributed by atoms with Crippen LogP contribution in [0, 0.1) is 0 Å². The van der Waals surface area contributed by atoms with E-state index in [0.717, 1.165) is 11.3 Å². The van der Waals surface area contributed by atoms with Crippen molar-refractivity contribution in [2.75, 3.05) is 4.72 Å². The fourth-order valence-electron chi connectivity index (χ4n) is 2.08. The summed E-state index contributed by atoms with van der Waals surface area (Å²) in [6.45, 7) is 0. The Morgan fingerprint density at radius 1 is 0.913 bits per heavy atom. The summed E-state index contributed by atoms with van der Waals surface area (Å²) < 4.78 is 27.1. The van der Waals surface area contributed by atoms with Crippen molar-refractivity contribution in [3.63, 3.8) is 0 Å². The van der Waals surface area contributed by atoms with Gasteiger partial charge in [-0.05, 0) is 30.3 Å². The number of benzene rings is 2. The highest BCUT2D eigenvalue weighted by atomic mass is 35.5. The maximum atomic E-state index is 12.3. The Morgan fingerprint density at radius 3 is 2.35 bits per heavy atom. The molecule has 23 heavy (non-hydrogen) atoms. The van der Waals surface area contributed by atoms with Crippen LogP contribution in [-0.2, 0) is 10.0 Å². The van der Waals surface area contributed by atoms with Crippen LogP contribution in [0.1, 0.15) is 0 Å². The predicted molar refractivity (Wildman–Crippen MR) is 91.9 cm³/mol. The smallest absolute Gasteiger partial charge is 0.261 e. The van der Waals surface area contributed by atoms with Crippen LogP contribution in [0.15, 0.2) is 77.8 Å². The van der Waals surface area contributed by atoms with E-state index < -0.39 is 10.0 Å². The number of rotatable bonds is 4. The molecule has 0 aliphatic heterocycles. The zero-order valence-electron chi connectivity index (χ0n) is 12.0. The van der Waals surface area contributed by atoms with Gasteiger partial charge in [-0.15, -0.1) is 0 Å². The van der Waals surface area contributed by atoms with E-state index >= 15 is 0 Å². The Kier molecular flexibility index (Phi) is 4.32. The van der Waals surface area contributed by atoms with E-state index in [1.165, 1.54) is 18.3 Å². The number of nitrogens with zero attached hydrogens (tertiary/aromatic N) is 1. The lowest BCUT2D eigenvalue weighted by Crippen LogP contribution is -2.13. The van der Waals surface area contributed by atoms with Crippen molar-refractivity contribution in [2.45, 2.75) is 4.90 Å². The molecular formula is C17H13ClN2O2S. The van der Waals surface area contributed by atoms with Crippen molar-refractivity contribution >= 4 is 27.3 Å². The van der Waals surface area contributed by atoms with Gasteiger partial charge in [0.25, 0.3) is 10.0 Å². The molecule has 2 aromatic carbocycles. The van der Waals surface area contributed by atoms with Gasteiger partial charge in [-0.3, -0.25) is 9.71 Å². The molecule has 0 saturated heterocycles. The highest BCUT2D eigenvalue weighted by Gasteiger charge is 2.14. The summed E-state index contributed by atoms with van der Waals surface area (Å²) in [4.78, 5) is 4.40. The third kappa shape index (κ3) is 3.70. The molecule has 3 aromatic rings. The van der Waals surface area contributed by atoms with E-state index in [1.54, 1.807) is 24.3 Å². The Balaban J connectivity index is 1.83. The van der Waals surface area contributed by atoms with E-state index in [9.17, 15) is 8.42 Å². The fourth-order valence-corrected chi connectivity index (χ4v) is 3.43. The first kappa shape index (κ1) is 15.5. The summed E-state index contributed by atoms with van der Waals surface area (Å²) in [5.74, 6) is 0. The van der Waals surface area contributed by atoms with Crippen LogP contribution in [0.4, 0.5) is 5.69 Å². The van der Waals surface area contributed by atoms with Gasteiger partial charge in [-0.25, -0.2) is 8.42 Å². The second-order valence-electron chi connectivity index (χ2n) is 4.86. The summed E-state index contributed by atoms with van der Waals surface area (Å²) in [5, 5.41) is 0.366. The zero-order valence-corrected chi connectivity index (χ0v) is 13.6. The molecule has 0 bridgehead atoms. The standard InChI is InChI=1S/C17H13ClN2O2S/c18-14-7-4-8-16(11-14)23(21,22)20-15-9-10-17(19-12-15)13-5-2-1-3-6-13/h1-12,20H. The summed E-state index contributed by atoms with van der Waals surface area (Å²) in [5.41, 5.74) is 2.14. The topological polar surface area (TPSA) is 59.1 Å². The quantitative estimate of drug-likeness (QED) is 0.771. The summed E-state index contributed by atoms with van der Waals surface area (Å²) >= 11 is 5.84. The van der Waals surface area contributed by atoms with Crippen LogP contribution in [0.2, 0.25) is 5.02 Å². The van der Waals surface area contributed by atoms with Crippen LogP contribution in [0.25, 0.3) is 11.3 Å². The molecule has 4 nitrogen and oxygen atoms in total. The minimum absolute atomic E-state index is 0.108. The Morgan fingerprint density at radius 2 is 1.70 bits per heavy atom. The molecule has 0 saturated carbocycles. The number of halogens is 1. The van der Waals surface area contributed by atoms with Crippen LogP contribution < -0.4 is 4.72 Å². The molecule has 0 radical (unpaired) electrons. The van der Waals surface area contributed by atoms with Gasteiger partial charge in [-0.1, -0.05) is 48.0 Å². The van der Waals surface area contributed by atoms with Crippen molar-refractivity contribution in [1.82, 2.24) is 4.98 Å². The molecular weight excluding hydrogens is 332 g/mol. The zero-order chi connectivity index (χ0) is 16.3. The Bertz CT molecular complexity index is 911. The molecule has 0 unspecified atom stereocenters. The van der Waals surface area contributed by atoms with E-state index in [4.69, 9.17) is 11.6 Å². The van der Waals surface area contributed by atoms with Gasteiger partial charge in [-0.2, -0.15) is 0 Å². The monoisotopic (exact) mass is 344 g/mol. The fraction of sp³-hybridized carbons (Fsp3) is 0. The highest BCUT2D eigenvalue weighted by molar-refractivity contribution is 7.92. The second-order valence-corrected chi connectivity index (χ2v) is 6.98. The van der Waals surface area contributed by atoms with Crippen molar-refractivity contribution < 1.29 is 8.42 Å². The number of aromatic nitrogens is 1. The molecule has 1 heterocycles. The number of sulfonamides is 1. The molecule has 0 atom stereocenters. The first-order valence-electron chi connectivity index (χ1n) is 6.84. The second kappa shape index (κ2) is 6.40. The molecule has 0 aliphatic carbocycles. The molecule has 1 aromatic heterocycles. The van der Waals surface area contributed by atoms with Gasteiger partial charge in [0, 0.05) is 10.6 Å². The largest absolute Gasteiger partial charge is 0.278 e. The summed E-state index contributed by atoms with van der Waals surface area (Å²) in [7, 11) is -3.69. The van der Waals surface area contributed by atoms with Gasteiger partial charge < -0.3 is 0 Å². The first-order chi connectivity index (χ1) is 11.0. The lowest BCUT2D eigenvalue weighted by Gasteiger charge is -2.09. The lowest BCUT2D eigenvalue weighted by molar-refractivity contribution is 0.601. The average Bonchev–Trinajstić information content (AvgIpc) is 2.56. The van der Waals surface area contributed by atoms with Crippen LogP contribution >= 0.6 is 11.6 Å². The number of hydrogen-bond donors (Lipinski definition) is 1. The molecule has 3 rings (SSSR count). The van der Waals surface area contributed by atoms with Gasteiger partial charge in [0.2, 0.25) is 0 Å². The van der Waals surface area contributed by atoms with Gasteiger partial charge in [0.05, 0.1) is 22.5 Å². The van der Waals surface area contributed by atoms with Crippen LogP contribution in [-0.4, -0.2) is 13.4 Å². The SMILES string of the molecule is O=S(=O)(Nc1ccc(-c2ccccc2)nc1)c1cccc(Cl)c1. The van der Waals surface area contributed by atoms with Gasteiger partial charge >= 0.3 is 0 Å². The summed E-state index contributed by atoms with van der Waals surface area (Å²) in [6, 6.07) is 19.2. The molecule has 116 valence electrons. The number of hydrogen-bond acceptors (Lipinski definition) is 3. The third-order valence-electron chi connectivity index (χ3n) is 3.19. The van der Waals surface area contributed by atoms with Crippen molar-refractivity contribution in [3.8, 4) is 11.3 Å². The summed E-state index contributed by atoms with van der Waals surface area (Å²) in [6.07, 6.45) is 1.49. The van der Waals surface area contributed by atoms with Crippen molar-refractivity contribution in [2.24, 2.45) is 0 Å². The lowest BCUT2D eigenvalue weighted by atomic mass is 10.1. The number of nitrogens with one attached hydrogen (secondary N) is 1. The maximum Gasteiger partial charge on any atom is 0.261 e. The predicted octanol–water partition coefficient (Wildman–Crippen LogP) is 4.20. The maximum absolute atomic E-state index is 12.3. The molecule has 0 spiro atoms. The molecule has 0 aliphatic rings. The minimum Gasteiger partial charge on any atom is -0.278 e. The van der Waals surface area contributed by atoms with Gasteiger partial charge in [0.15, 0.2) is 0 Å².